The molecule has 0 radical (unpaired) electrons. The largest absolute Gasteiger partial charge is 0.387 e. The van der Waals surface area contributed by atoms with E-state index in [0.29, 0.717) is 19.4 Å². The Morgan fingerprint density at radius 1 is 1.36 bits per heavy atom. The topological polar surface area (TPSA) is 95.7 Å². The van der Waals surface area contributed by atoms with Crippen LogP contribution in [-0.4, -0.2) is 53.6 Å². The van der Waals surface area contributed by atoms with E-state index in [9.17, 15) is 14.7 Å². The second-order valence-electron chi connectivity index (χ2n) is 5.97. The Labute approximate surface area is 132 Å². The number of hydrogen-bond acceptors (Lipinski definition) is 4. The number of likely N-dealkylation sites (tertiary alicyclic amines) is 1. The third-order valence-electron chi connectivity index (χ3n) is 3.90. The van der Waals surface area contributed by atoms with Crippen LogP contribution >= 0.6 is 0 Å². The molecule has 4 N–H and O–H groups in total. The van der Waals surface area contributed by atoms with Gasteiger partial charge in [-0.2, -0.15) is 0 Å². The summed E-state index contributed by atoms with van der Waals surface area (Å²) in [6.45, 7) is 8.90. The lowest BCUT2D eigenvalue weighted by atomic mass is 9.93. The van der Waals surface area contributed by atoms with Gasteiger partial charge in [0.25, 0.3) is 0 Å². The zero-order chi connectivity index (χ0) is 16.6. The monoisotopic (exact) mass is 309 g/mol. The Kier molecular flexibility index (Phi) is 7.27. The van der Waals surface area contributed by atoms with Gasteiger partial charge >= 0.3 is 0 Å². The van der Waals surface area contributed by atoms with Crippen molar-refractivity contribution in [2.75, 3.05) is 26.2 Å². The quantitative estimate of drug-likeness (QED) is 0.530. The maximum absolute atomic E-state index is 12.3. The van der Waals surface area contributed by atoms with Gasteiger partial charge in [0, 0.05) is 13.1 Å². The highest BCUT2D eigenvalue weighted by Crippen LogP contribution is 2.18. The Bertz CT molecular complexity index is 413. The van der Waals surface area contributed by atoms with Crippen molar-refractivity contribution in [2.24, 2.45) is 11.7 Å². The fraction of sp³-hybridized carbons (Fsp3) is 0.625. The molecule has 6 heteroatoms. The van der Waals surface area contributed by atoms with Gasteiger partial charge in [0.15, 0.2) is 0 Å². The number of aliphatic hydroxyl groups is 1. The lowest BCUT2D eigenvalue weighted by Gasteiger charge is -2.32. The van der Waals surface area contributed by atoms with Crippen LogP contribution in [0.15, 0.2) is 25.3 Å². The number of carbonyl (C=O) groups excluding carboxylic acids is 2. The first kappa shape index (κ1) is 18.4. The Morgan fingerprint density at radius 2 is 2.00 bits per heavy atom. The molecular weight excluding hydrogens is 282 g/mol. The predicted octanol–water partition coefficient (Wildman–Crippen LogP) is 0.183. The molecule has 1 aliphatic rings. The minimum absolute atomic E-state index is 0.0966. The lowest BCUT2D eigenvalue weighted by molar-refractivity contribution is -0.129. The van der Waals surface area contributed by atoms with Gasteiger partial charge in [-0.05, 0) is 32.2 Å². The summed E-state index contributed by atoms with van der Waals surface area (Å²) in [4.78, 5) is 25.1. The maximum atomic E-state index is 12.3. The van der Waals surface area contributed by atoms with Crippen LogP contribution in [0.1, 0.15) is 25.7 Å². The van der Waals surface area contributed by atoms with Crippen LogP contribution in [0.3, 0.4) is 0 Å². The molecule has 0 saturated carbocycles. The SMILES string of the molecule is C=CCC(O)(CC=C)CNC(=O)[C@@H]1CCCN(CC(N)=O)C1. The van der Waals surface area contributed by atoms with Crippen molar-refractivity contribution in [3.05, 3.63) is 25.3 Å². The highest BCUT2D eigenvalue weighted by molar-refractivity contribution is 5.79. The standard InChI is InChI=1S/C16H27N3O3/c1-3-7-16(22,8-4-2)12-18-15(21)13-6-5-9-19(10-13)11-14(17)20/h3-4,13,22H,1-2,5-12H2,(H2,17,20)(H,18,21)/t13-/m1/s1. The third kappa shape index (κ3) is 5.99. The number of piperidine rings is 1. The van der Waals surface area contributed by atoms with Crippen LogP contribution in [0.25, 0.3) is 0 Å². The number of rotatable bonds is 9. The van der Waals surface area contributed by atoms with Crippen LogP contribution in [-0.2, 0) is 9.59 Å². The molecule has 0 bridgehead atoms. The Balaban J connectivity index is 2.51. The molecule has 0 unspecified atom stereocenters. The fourth-order valence-electron chi connectivity index (χ4n) is 2.79. The second-order valence-corrected chi connectivity index (χ2v) is 5.97. The summed E-state index contributed by atoms with van der Waals surface area (Å²) < 4.78 is 0. The van der Waals surface area contributed by atoms with Gasteiger partial charge < -0.3 is 16.2 Å². The maximum Gasteiger partial charge on any atom is 0.231 e. The summed E-state index contributed by atoms with van der Waals surface area (Å²) in [6.07, 6.45) is 5.67. The van der Waals surface area contributed by atoms with Gasteiger partial charge in [0.05, 0.1) is 18.1 Å². The van der Waals surface area contributed by atoms with Gasteiger partial charge in [-0.3, -0.25) is 14.5 Å². The molecule has 1 saturated heterocycles. The Morgan fingerprint density at radius 3 is 2.55 bits per heavy atom. The van der Waals surface area contributed by atoms with Crippen molar-refractivity contribution in [3.8, 4) is 0 Å². The number of amides is 2. The molecule has 2 amide bonds. The van der Waals surface area contributed by atoms with Crippen LogP contribution in [0, 0.1) is 5.92 Å². The molecule has 6 nitrogen and oxygen atoms in total. The van der Waals surface area contributed by atoms with E-state index in [1.165, 1.54) is 0 Å². The molecule has 1 rings (SSSR count). The van der Waals surface area contributed by atoms with Crippen molar-refractivity contribution in [3.63, 3.8) is 0 Å². The van der Waals surface area contributed by atoms with Crippen LogP contribution in [0.5, 0.6) is 0 Å². The first-order valence-electron chi connectivity index (χ1n) is 7.63. The Hall–Kier alpha value is -1.66. The molecule has 0 aromatic rings. The molecule has 1 fully saturated rings. The fourth-order valence-corrected chi connectivity index (χ4v) is 2.79. The van der Waals surface area contributed by atoms with Crippen molar-refractivity contribution in [2.45, 2.75) is 31.3 Å². The third-order valence-corrected chi connectivity index (χ3v) is 3.90. The van der Waals surface area contributed by atoms with Gasteiger partial charge in [0.2, 0.25) is 11.8 Å². The minimum Gasteiger partial charge on any atom is -0.387 e. The summed E-state index contributed by atoms with van der Waals surface area (Å²) >= 11 is 0. The van der Waals surface area contributed by atoms with E-state index in [-0.39, 0.29) is 30.8 Å². The zero-order valence-electron chi connectivity index (χ0n) is 13.1. The molecule has 22 heavy (non-hydrogen) atoms. The number of nitrogens with two attached hydrogens (primary N) is 1. The highest BCUT2D eigenvalue weighted by Gasteiger charge is 2.29. The minimum atomic E-state index is -1.04. The van der Waals surface area contributed by atoms with Crippen molar-refractivity contribution >= 4 is 11.8 Å². The summed E-state index contributed by atoms with van der Waals surface area (Å²) in [6, 6.07) is 0. The van der Waals surface area contributed by atoms with Crippen LogP contribution in [0.4, 0.5) is 0 Å². The molecule has 0 spiro atoms. The van der Waals surface area contributed by atoms with E-state index in [1.54, 1.807) is 12.2 Å². The average molecular weight is 309 g/mol. The second kappa shape index (κ2) is 8.70. The van der Waals surface area contributed by atoms with Gasteiger partial charge in [-0.15, -0.1) is 13.2 Å². The first-order valence-corrected chi connectivity index (χ1v) is 7.63. The number of nitrogens with zero attached hydrogens (tertiary/aromatic N) is 1. The first-order chi connectivity index (χ1) is 10.4. The van der Waals surface area contributed by atoms with Crippen molar-refractivity contribution in [1.29, 1.82) is 0 Å². The lowest BCUT2D eigenvalue weighted by Crippen LogP contribution is -2.49. The summed E-state index contributed by atoms with van der Waals surface area (Å²) in [5, 5.41) is 13.2. The predicted molar refractivity (Wildman–Crippen MR) is 85.9 cm³/mol. The smallest absolute Gasteiger partial charge is 0.231 e. The van der Waals surface area contributed by atoms with E-state index in [4.69, 9.17) is 5.73 Å². The molecule has 124 valence electrons. The van der Waals surface area contributed by atoms with E-state index < -0.39 is 5.60 Å². The van der Waals surface area contributed by atoms with Gasteiger partial charge in [-0.1, -0.05) is 12.2 Å². The van der Waals surface area contributed by atoms with E-state index in [1.807, 2.05) is 4.90 Å². The average Bonchev–Trinajstić information content (AvgIpc) is 2.45. The summed E-state index contributed by atoms with van der Waals surface area (Å²) in [5.74, 6) is -0.655. The van der Waals surface area contributed by atoms with Crippen LogP contribution in [0.2, 0.25) is 0 Å². The molecular formula is C16H27N3O3. The van der Waals surface area contributed by atoms with Gasteiger partial charge in [-0.25, -0.2) is 0 Å². The summed E-state index contributed by atoms with van der Waals surface area (Å²) in [7, 11) is 0. The summed E-state index contributed by atoms with van der Waals surface area (Å²) in [5.41, 5.74) is 4.15. The van der Waals surface area contributed by atoms with E-state index in [2.05, 4.69) is 18.5 Å². The van der Waals surface area contributed by atoms with Gasteiger partial charge in [0.1, 0.15) is 0 Å². The zero-order valence-corrected chi connectivity index (χ0v) is 13.1. The molecule has 0 aliphatic carbocycles. The van der Waals surface area contributed by atoms with E-state index >= 15 is 0 Å². The van der Waals surface area contributed by atoms with Crippen molar-refractivity contribution in [1.82, 2.24) is 10.2 Å². The molecule has 0 aromatic heterocycles. The molecule has 1 aliphatic heterocycles. The van der Waals surface area contributed by atoms with Crippen LogP contribution < -0.4 is 11.1 Å². The van der Waals surface area contributed by atoms with E-state index in [0.717, 1.165) is 19.4 Å². The number of carbonyl (C=O) groups is 2. The molecule has 1 atom stereocenters. The van der Waals surface area contributed by atoms with Crippen molar-refractivity contribution < 1.29 is 14.7 Å². The number of primary amides is 1. The molecule has 0 aromatic carbocycles. The molecule has 1 heterocycles. The normalized spacial score (nSPS) is 19.4. The number of nitrogens with one attached hydrogen (secondary N) is 1. The number of hydrogen-bond donors (Lipinski definition) is 3. The highest BCUT2D eigenvalue weighted by atomic mass is 16.3.